The maximum absolute atomic E-state index is 12.4. The van der Waals surface area contributed by atoms with Crippen LogP contribution in [0.2, 0.25) is 0 Å². The van der Waals surface area contributed by atoms with E-state index in [1.807, 2.05) is 0 Å². The maximum Gasteiger partial charge on any atom is 0.411 e. The van der Waals surface area contributed by atoms with Crippen molar-refractivity contribution in [2.45, 2.75) is 36.9 Å². The Kier molecular flexibility index (Phi) is 2.85. The van der Waals surface area contributed by atoms with Gasteiger partial charge in [-0.3, -0.25) is 4.79 Å². The molecule has 1 amide bonds. The van der Waals surface area contributed by atoms with Crippen molar-refractivity contribution >= 4 is 5.91 Å². The minimum Gasteiger partial charge on any atom is -0.336 e. The number of carbonyl (C=O) groups is 1. The summed E-state index contributed by atoms with van der Waals surface area (Å²) in [5.41, 5.74) is -2.76. The van der Waals surface area contributed by atoms with E-state index in [4.69, 9.17) is 0 Å². The standard InChI is InChI=1S/C7H6F7NO/c8-3(9)6(10,11)4(16)15-5(1-2-5)7(12,13)14/h3H,1-2H2,(H,15,16). The molecular weight excluding hydrogens is 247 g/mol. The largest absolute Gasteiger partial charge is 0.411 e. The van der Waals surface area contributed by atoms with Gasteiger partial charge in [-0.1, -0.05) is 0 Å². The van der Waals surface area contributed by atoms with Crippen LogP contribution < -0.4 is 5.32 Å². The van der Waals surface area contributed by atoms with Gasteiger partial charge in [-0.2, -0.15) is 22.0 Å². The van der Waals surface area contributed by atoms with Crippen LogP contribution in [-0.4, -0.2) is 30.0 Å². The molecule has 1 aliphatic carbocycles. The maximum atomic E-state index is 12.4. The summed E-state index contributed by atoms with van der Waals surface area (Å²) >= 11 is 0. The monoisotopic (exact) mass is 253 g/mol. The fourth-order valence-electron chi connectivity index (χ4n) is 1.00. The lowest BCUT2D eigenvalue weighted by Gasteiger charge is -2.23. The van der Waals surface area contributed by atoms with Crippen molar-refractivity contribution in [1.82, 2.24) is 5.32 Å². The highest BCUT2D eigenvalue weighted by Gasteiger charge is 2.66. The molecule has 94 valence electrons. The van der Waals surface area contributed by atoms with Gasteiger partial charge in [0.15, 0.2) is 0 Å². The molecule has 1 fully saturated rings. The van der Waals surface area contributed by atoms with Gasteiger partial charge in [0.25, 0.3) is 5.91 Å². The molecule has 0 radical (unpaired) electrons. The van der Waals surface area contributed by atoms with Gasteiger partial charge in [0.1, 0.15) is 5.54 Å². The summed E-state index contributed by atoms with van der Waals surface area (Å²) in [6, 6.07) is 0. The molecule has 0 aromatic carbocycles. The summed E-state index contributed by atoms with van der Waals surface area (Å²) in [5.74, 6) is -7.71. The highest BCUT2D eigenvalue weighted by Crippen LogP contribution is 2.49. The summed E-state index contributed by atoms with van der Waals surface area (Å²) in [5, 5.41) is 0.935. The summed E-state index contributed by atoms with van der Waals surface area (Å²) in [6.45, 7) is 0. The number of halogens is 7. The van der Waals surface area contributed by atoms with Gasteiger partial charge in [0, 0.05) is 0 Å². The second-order valence-electron chi connectivity index (χ2n) is 3.46. The van der Waals surface area contributed by atoms with Crippen LogP contribution in [0.15, 0.2) is 0 Å². The Hall–Kier alpha value is -1.02. The molecule has 0 aliphatic heterocycles. The molecular formula is C7H6F7NO. The third-order valence-electron chi connectivity index (χ3n) is 2.22. The number of carbonyl (C=O) groups excluding carboxylic acids is 1. The first-order valence-electron chi connectivity index (χ1n) is 4.08. The average molecular weight is 253 g/mol. The van der Waals surface area contributed by atoms with Crippen LogP contribution in [0.4, 0.5) is 30.7 Å². The van der Waals surface area contributed by atoms with E-state index in [1.54, 1.807) is 0 Å². The van der Waals surface area contributed by atoms with Crippen molar-refractivity contribution in [2.24, 2.45) is 0 Å². The molecule has 0 spiro atoms. The van der Waals surface area contributed by atoms with E-state index in [0.29, 0.717) is 0 Å². The molecule has 16 heavy (non-hydrogen) atoms. The molecule has 0 unspecified atom stereocenters. The van der Waals surface area contributed by atoms with E-state index in [1.165, 1.54) is 0 Å². The van der Waals surface area contributed by atoms with Gasteiger partial charge in [0.2, 0.25) is 0 Å². The van der Waals surface area contributed by atoms with Crippen molar-refractivity contribution in [3.8, 4) is 0 Å². The van der Waals surface area contributed by atoms with Crippen molar-refractivity contribution in [3.05, 3.63) is 0 Å². The van der Waals surface area contributed by atoms with E-state index in [9.17, 15) is 35.5 Å². The SMILES string of the molecule is O=C(NC1(C(F)(F)F)CC1)C(F)(F)C(F)F. The fraction of sp³-hybridized carbons (Fsp3) is 0.857. The topological polar surface area (TPSA) is 29.1 Å². The van der Waals surface area contributed by atoms with Gasteiger partial charge < -0.3 is 5.32 Å². The predicted molar refractivity (Wildman–Crippen MR) is 37.1 cm³/mol. The van der Waals surface area contributed by atoms with E-state index < -0.39 is 42.8 Å². The molecule has 9 heteroatoms. The smallest absolute Gasteiger partial charge is 0.336 e. The van der Waals surface area contributed by atoms with Crippen LogP contribution >= 0.6 is 0 Å². The predicted octanol–water partition coefficient (Wildman–Crippen LogP) is 2.10. The zero-order valence-corrected chi connectivity index (χ0v) is 7.55. The molecule has 0 heterocycles. The van der Waals surface area contributed by atoms with Gasteiger partial charge in [-0.05, 0) is 12.8 Å². The second-order valence-corrected chi connectivity index (χ2v) is 3.46. The Morgan fingerprint density at radius 2 is 1.56 bits per heavy atom. The molecule has 1 saturated carbocycles. The minimum absolute atomic E-state index is 0.582. The van der Waals surface area contributed by atoms with Gasteiger partial charge in [0.05, 0.1) is 0 Å². The number of rotatable bonds is 3. The van der Waals surface area contributed by atoms with Crippen LogP contribution in [0.3, 0.4) is 0 Å². The lowest BCUT2D eigenvalue weighted by molar-refractivity contribution is -0.188. The molecule has 1 aliphatic rings. The lowest BCUT2D eigenvalue weighted by Crippen LogP contribution is -2.55. The van der Waals surface area contributed by atoms with Crippen molar-refractivity contribution in [2.75, 3.05) is 0 Å². The minimum atomic E-state index is -5.11. The zero-order chi connectivity index (χ0) is 12.8. The molecule has 0 aromatic rings. The molecule has 0 atom stereocenters. The lowest BCUT2D eigenvalue weighted by atomic mass is 10.2. The van der Waals surface area contributed by atoms with Crippen LogP contribution in [0.5, 0.6) is 0 Å². The van der Waals surface area contributed by atoms with E-state index in [0.717, 1.165) is 5.32 Å². The van der Waals surface area contributed by atoms with Crippen molar-refractivity contribution < 1.29 is 35.5 Å². The first-order valence-corrected chi connectivity index (χ1v) is 4.08. The number of hydrogen-bond acceptors (Lipinski definition) is 1. The summed E-state index contributed by atoms with van der Waals surface area (Å²) in [4.78, 5) is 10.6. The highest BCUT2D eigenvalue weighted by molar-refractivity contribution is 5.85. The fourth-order valence-corrected chi connectivity index (χ4v) is 1.00. The van der Waals surface area contributed by atoms with E-state index in [-0.39, 0.29) is 0 Å². The number of hydrogen-bond donors (Lipinski definition) is 1. The van der Waals surface area contributed by atoms with Crippen LogP contribution in [0.1, 0.15) is 12.8 Å². The third-order valence-corrected chi connectivity index (χ3v) is 2.22. The zero-order valence-electron chi connectivity index (χ0n) is 7.55. The number of nitrogens with one attached hydrogen (secondary N) is 1. The molecule has 1 N–H and O–H groups in total. The molecule has 2 nitrogen and oxygen atoms in total. The number of alkyl halides is 7. The van der Waals surface area contributed by atoms with E-state index >= 15 is 0 Å². The van der Waals surface area contributed by atoms with Crippen LogP contribution in [-0.2, 0) is 4.79 Å². The Balaban J connectivity index is 2.73. The summed E-state index contributed by atoms with van der Waals surface area (Å²) in [7, 11) is 0. The van der Waals surface area contributed by atoms with Gasteiger partial charge in [-0.15, -0.1) is 0 Å². The van der Waals surface area contributed by atoms with Crippen LogP contribution in [0.25, 0.3) is 0 Å². The quantitative estimate of drug-likeness (QED) is 0.767. The van der Waals surface area contributed by atoms with Crippen molar-refractivity contribution in [3.63, 3.8) is 0 Å². The summed E-state index contributed by atoms with van der Waals surface area (Å²) in [6.07, 6.45) is -10.4. The summed E-state index contributed by atoms with van der Waals surface area (Å²) < 4.78 is 84.6. The van der Waals surface area contributed by atoms with E-state index in [2.05, 4.69) is 0 Å². The normalized spacial score (nSPS) is 19.8. The van der Waals surface area contributed by atoms with Gasteiger partial charge >= 0.3 is 18.5 Å². The molecule has 1 rings (SSSR count). The third kappa shape index (κ3) is 2.07. The molecule has 0 bridgehead atoms. The number of amides is 1. The van der Waals surface area contributed by atoms with Gasteiger partial charge in [-0.25, -0.2) is 8.78 Å². The first-order chi connectivity index (χ1) is 7.03. The first kappa shape index (κ1) is 13.0. The van der Waals surface area contributed by atoms with Crippen molar-refractivity contribution in [1.29, 1.82) is 0 Å². The Labute approximate surface area is 84.8 Å². The Bertz CT molecular complexity index is 294. The Morgan fingerprint density at radius 1 is 1.12 bits per heavy atom. The molecule has 0 saturated heterocycles. The Morgan fingerprint density at radius 3 is 1.81 bits per heavy atom. The second kappa shape index (κ2) is 3.49. The average Bonchev–Trinajstić information content (AvgIpc) is 2.83. The highest BCUT2D eigenvalue weighted by atomic mass is 19.4. The van der Waals surface area contributed by atoms with Crippen LogP contribution in [0, 0.1) is 0 Å². The molecule has 0 aromatic heterocycles.